The van der Waals surface area contributed by atoms with E-state index in [4.69, 9.17) is 15.2 Å². The van der Waals surface area contributed by atoms with Gasteiger partial charge in [-0.3, -0.25) is 4.79 Å². The molecule has 5 heteroatoms. The van der Waals surface area contributed by atoms with Crippen molar-refractivity contribution in [2.24, 2.45) is 0 Å². The summed E-state index contributed by atoms with van der Waals surface area (Å²) < 4.78 is 14.3. The van der Waals surface area contributed by atoms with Crippen LogP contribution in [-0.4, -0.2) is 17.8 Å². The zero-order valence-electron chi connectivity index (χ0n) is 22.0. The number of hydrogen-bond donors (Lipinski definition) is 1. The van der Waals surface area contributed by atoms with Gasteiger partial charge in [0.2, 0.25) is 5.75 Å². The summed E-state index contributed by atoms with van der Waals surface area (Å²) in [7, 11) is 0. The largest absolute Gasteiger partial charge is 0.489 e. The molecule has 0 radical (unpaired) electrons. The normalized spacial score (nSPS) is 11.3. The Morgan fingerprint density at radius 1 is 0.706 bits per heavy atom. The summed E-state index contributed by atoms with van der Waals surface area (Å²) in [6.45, 7) is 8.43. The van der Waals surface area contributed by atoms with Crippen LogP contribution in [0.5, 0.6) is 11.5 Å². The number of benzene rings is 1. The van der Waals surface area contributed by atoms with Gasteiger partial charge in [-0.2, -0.15) is 0 Å². The van der Waals surface area contributed by atoms with E-state index < -0.39 is 0 Å². The van der Waals surface area contributed by atoms with Crippen molar-refractivity contribution in [3.8, 4) is 11.5 Å². The van der Waals surface area contributed by atoms with Crippen LogP contribution >= 0.6 is 0 Å². The van der Waals surface area contributed by atoms with Crippen molar-refractivity contribution in [3.63, 3.8) is 0 Å². The second-order valence-electron chi connectivity index (χ2n) is 9.48. The van der Waals surface area contributed by atoms with Gasteiger partial charge >= 0.3 is 0 Å². The molecule has 0 aliphatic heterocycles. The molecular weight excluding hydrogens is 424 g/mol. The van der Waals surface area contributed by atoms with E-state index in [2.05, 4.69) is 20.8 Å². The van der Waals surface area contributed by atoms with Gasteiger partial charge < -0.3 is 19.8 Å². The molecule has 1 aromatic carbocycles. The van der Waals surface area contributed by atoms with Gasteiger partial charge in [-0.05, 0) is 37.5 Å². The van der Waals surface area contributed by atoms with Gasteiger partial charge in [0.1, 0.15) is 0 Å². The molecule has 0 amide bonds. The van der Waals surface area contributed by atoms with Gasteiger partial charge in [0.15, 0.2) is 5.75 Å². The van der Waals surface area contributed by atoms with E-state index in [0.717, 1.165) is 49.4 Å². The van der Waals surface area contributed by atoms with Crippen molar-refractivity contribution in [3.05, 3.63) is 28.6 Å². The molecule has 1 aromatic heterocycles. The third-order valence-corrected chi connectivity index (χ3v) is 6.43. The van der Waals surface area contributed by atoms with E-state index >= 15 is 0 Å². The first-order chi connectivity index (χ1) is 16.6. The van der Waals surface area contributed by atoms with Gasteiger partial charge in [-0.15, -0.1) is 0 Å². The Balaban J connectivity index is 2.29. The molecule has 2 N–H and O–H groups in total. The summed E-state index contributed by atoms with van der Waals surface area (Å²) in [6.07, 6.45) is 16.0. The number of pyridine rings is 1. The maximum absolute atomic E-state index is 13.6. The van der Waals surface area contributed by atoms with E-state index in [-0.39, 0.29) is 5.56 Å². The minimum atomic E-state index is -0.0934. The van der Waals surface area contributed by atoms with Crippen LogP contribution < -0.4 is 20.8 Å². The number of rotatable bonds is 19. The predicted molar refractivity (Wildman–Crippen MR) is 145 cm³/mol. The zero-order valence-corrected chi connectivity index (χ0v) is 22.0. The van der Waals surface area contributed by atoms with Crippen LogP contribution in [0, 0.1) is 0 Å². The average Bonchev–Trinajstić information content (AvgIpc) is 2.83. The summed E-state index contributed by atoms with van der Waals surface area (Å²) in [4.78, 5) is 13.6. The molecular formula is C29H48N2O3. The third kappa shape index (κ3) is 8.88. The minimum Gasteiger partial charge on any atom is -0.489 e. The lowest BCUT2D eigenvalue weighted by molar-refractivity contribution is 0.256. The van der Waals surface area contributed by atoms with E-state index in [0.29, 0.717) is 36.9 Å². The lowest BCUT2D eigenvalue weighted by Crippen LogP contribution is -2.24. The maximum Gasteiger partial charge on any atom is 0.297 e. The Morgan fingerprint density at radius 3 is 1.88 bits per heavy atom. The van der Waals surface area contributed by atoms with Gasteiger partial charge in [-0.25, -0.2) is 0 Å². The van der Waals surface area contributed by atoms with Crippen LogP contribution in [0.25, 0.3) is 10.9 Å². The lowest BCUT2D eigenvalue weighted by atomic mass is 10.1. The van der Waals surface area contributed by atoms with Crippen LogP contribution in [0.4, 0.5) is 5.69 Å². The molecule has 0 aliphatic carbocycles. The number of nitrogens with zero attached hydrogens (tertiary/aromatic N) is 1. The fourth-order valence-electron chi connectivity index (χ4n) is 4.36. The summed E-state index contributed by atoms with van der Waals surface area (Å²) in [6, 6.07) is 5.76. The number of hydrogen-bond acceptors (Lipinski definition) is 4. The molecule has 0 atom stereocenters. The zero-order chi connectivity index (χ0) is 24.6. The summed E-state index contributed by atoms with van der Waals surface area (Å²) in [5.41, 5.74) is 7.53. The lowest BCUT2D eigenvalue weighted by Gasteiger charge is -2.19. The number of aryl methyl sites for hydroxylation is 1. The molecule has 192 valence electrons. The van der Waals surface area contributed by atoms with Gasteiger partial charge in [-0.1, -0.05) is 91.4 Å². The fourth-order valence-corrected chi connectivity index (χ4v) is 4.36. The number of nitrogen functional groups attached to an aromatic ring is 1. The van der Waals surface area contributed by atoms with Crippen molar-refractivity contribution >= 4 is 16.6 Å². The standard InChI is InChI=1S/C29H48N2O3/c1-4-7-10-13-14-17-22-34-28-27(33-21-16-12-9-6-3)25-19-18-24(30)23-26(25)31(29(28)32)20-15-11-8-5-2/h18-19,23H,4-17,20-22,30H2,1-3H3. The second kappa shape index (κ2) is 16.5. The Labute approximate surface area is 207 Å². The highest BCUT2D eigenvalue weighted by molar-refractivity contribution is 5.90. The van der Waals surface area contributed by atoms with E-state index in [9.17, 15) is 4.79 Å². The van der Waals surface area contributed by atoms with Crippen molar-refractivity contribution in [2.75, 3.05) is 18.9 Å². The highest BCUT2D eigenvalue weighted by atomic mass is 16.5. The van der Waals surface area contributed by atoms with E-state index in [1.165, 1.54) is 51.4 Å². The van der Waals surface area contributed by atoms with Crippen molar-refractivity contribution in [1.29, 1.82) is 0 Å². The molecule has 0 saturated heterocycles. The number of unbranched alkanes of at least 4 members (excludes halogenated alkanes) is 11. The first kappa shape index (κ1) is 28.1. The molecule has 34 heavy (non-hydrogen) atoms. The van der Waals surface area contributed by atoms with Crippen LogP contribution in [0.1, 0.15) is 111 Å². The molecule has 5 nitrogen and oxygen atoms in total. The molecule has 1 heterocycles. The van der Waals surface area contributed by atoms with Crippen molar-refractivity contribution in [2.45, 2.75) is 117 Å². The van der Waals surface area contributed by atoms with E-state index in [1.807, 2.05) is 22.8 Å². The summed E-state index contributed by atoms with van der Waals surface area (Å²) >= 11 is 0. The fraction of sp³-hybridized carbons (Fsp3) is 0.690. The molecule has 0 spiro atoms. The van der Waals surface area contributed by atoms with E-state index in [1.54, 1.807) is 0 Å². The Kier molecular flexibility index (Phi) is 13.6. The number of anilines is 1. The highest BCUT2D eigenvalue weighted by Crippen LogP contribution is 2.34. The van der Waals surface area contributed by atoms with Crippen LogP contribution in [0.15, 0.2) is 23.0 Å². The minimum absolute atomic E-state index is 0.0934. The number of nitrogens with two attached hydrogens (primary N) is 1. The smallest absolute Gasteiger partial charge is 0.297 e. The van der Waals surface area contributed by atoms with Crippen molar-refractivity contribution < 1.29 is 9.47 Å². The molecule has 0 aliphatic rings. The number of ether oxygens (including phenoxy) is 2. The molecule has 0 fully saturated rings. The Hall–Kier alpha value is -2.17. The average molecular weight is 473 g/mol. The topological polar surface area (TPSA) is 66.5 Å². The summed E-state index contributed by atoms with van der Waals surface area (Å²) in [5, 5.41) is 0.915. The first-order valence-electron chi connectivity index (χ1n) is 13.9. The Morgan fingerprint density at radius 2 is 1.24 bits per heavy atom. The van der Waals surface area contributed by atoms with Crippen molar-refractivity contribution in [1.82, 2.24) is 4.57 Å². The number of fused-ring (bicyclic) bond motifs is 1. The maximum atomic E-state index is 13.6. The molecule has 0 bridgehead atoms. The highest BCUT2D eigenvalue weighted by Gasteiger charge is 2.20. The van der Waals surface area contributed by atoms with Crippen LogP contribution in [-0.2, 0) is 6.54 Å². The third-order valence-electron chi connectivity index (χ3n) is 6.43. The van der Waals surface area contributed by atoms with Crippen LogP contribution in [0.2, 0.25) is 0 Å². The first-order valence-corrected chi connectivity index (χ1v) is 13.9. The SMILES string of the molecule is CCCCCCCCOc1c(OCCCCCC)c2ccc(N)cc2n(CCCCCC)c1=O. The second-order valence-corrected chi connectivity index (χ2v) is 9.48. The predicted octanol–water partition coefficient (Wildman–Crippen LogP) is 7.86. The molecule has 0 saturated carbocycles. The molecule has 2 aromatic rings. The Bertz CT molecular complexity index is 891. The molecule has 2 rings (SSSR count). The van der Waals surface area contributed by atoms with Gasteiger partial charge in [0.25, 0.3) is 5.56 Å². The monoisotopic (exact) mass is 472 g/mol. The molecule has 0 unspecified atom stereocenters. The number of aromatic nitrogens is 1. The van der Waals surface area contributed by atoms with Crippen LogP contribution in [0.3, 0.4) is 0 Å². The quantitative estimate of drug-likeness (QED) is 0.167. The van der Waals surface area contributed by atoms with Gasteiger partial charge in [0, 0.05) is 17.6 Å². The van der Waals surface area contributed by atoms with Gasteiger partial charge in [0.05, 0.1) is 18.7 Å². The summed E-state index contributed by atoms with van der Waals surface area (Å²) in [5.74, 6) is 0.962.